The largest absolute Gasteiger partial charge is 0.384 e. The SMILES string of the molecule is COCC1(C(=O)Nc2cnn(CC(N)=O)c2)CCNCC1. The number of nitrogens with one attached hydrogen (secondary N) is 2. The summed E-state index contributed by atoms with van der Waals surface area (Å²) in [7, 11) is 1.60. The molecule has 1 aliphatic heterocycles. The first kappa shape index (κ1) is 15.5. The Morgan fingerprint density at radius 1 is 1.52 bits per heavy atom. The summed E-state index contributed by atoms with van der Waals surface area (Å²) in [5.41, 5.74) is 5.13. The molecule has 0 radical (unpaired) electrons. The van der Waals surface area contributed by atoms with Gasteiger partial charge in [-0.3, -0.25) is 14.3 Å². The number of methoxy groups -OCH3 is 1. The summed E-state index contributed by atoms with van der Waals surface area (Å²) in [4.78, 5) is 23.4. The fraction of sp³-hybridized carbons (Fsp3) is 0.615. The molecule has 1 fully saturated rings. The van der Waals surface area contributed by atoms with Crippen LogP contribution in [0.25, 0.3) is 0 Å². The molecule has 1 aromatic heterocycles. The minimum atomic E-state index is -0.522. The highest BCUT2D eigenvalue weighted by atomic mass is 16.5. The van der Waals surface area contributed by atoms with Crippen molar-refractivity contribution in [1.29, 1.82) is 0 Å². The van der Waals surface area contributed by atoms with E-state index < -0.39 is 11.3 Å². The van der Waals surface area contributed by atoms with Crippen LogP contribution in [0.4, 0.5) is 5.69 Å². The van der Waals surface area contributed by atoms with Crippen LogP contribution in [0, 0.1) is 5.41 Å². The molecule has 1 aromatic rings. The molecule has 0 unspecified atom stereocenters. The van der Waals surface area contributed by atoms with E-state index >= 15 is 0 Å². The van der Waals surface area contributed by atoms with Gasteiger partial charge < -0.3 is 21.1 Å². The summed E-state index contributed by atoms with van der Waals surface area (Å²) in [6, 6.07) is 0. The van der Waals surface area contributed by atoms with E-state index in [0.717, 1.165) is 25.9 Å². The second-order valence-corrected chi connectivity index (χ2v) is 5.31. The van der Waals surface area contributed by atoms with Crippen LogP contribution in [0.2, 0.25) is 0 Å². The topological polar surface area (TPSA) is 111 Å². The molecule has 1 aliphatic rings. The molecule has 2 amide bonds. The second-order valence-electron chi connectivity index (χ2n) is 5.31. The summed E-state index contributed by atoms with van der Waals surface area (Å²) < 4.78 is 6.62. The number of amides is 2. The minimum Gasteiger partial charge on any atom is -0.384 e. The highest BCUT2D eigenvalue weighted by molar-refractivity contribution is 5.95. The fourth-order valence-electron chi connectivity index (χ4n) is 2.56. The Kier molecular flexibility index (Phi) is 4.92. The van der Waals surface area contributed by atoms with Crippen molar-refractivity contribution in [2.45, 2.75) is 19.4 Å². The Labute approximate surface area is 123 Å². The van der Waals surface area contributed by atoms with Crippen LogP contribution >= 0.6 is 0 Å². The van der Waals surface area contributed by atoms with E-state index in [4.69, 9.17) is 10.5 Å². The van der Waals surface area contributed by atoms with Crippen molar-refractivity contribution in [3.63, 3.8) is 0 Å². The smallest absolute Gasteiger partial charge is 0.239 e. The van der Waals surface area contributed by atoms with Gasteiger partial charge in [-0.1, -0.05) is 0 Å². The Hall–Kier alpha value is -1.93. The van der Waals surface area contributed by atoms with E-state index in [0.29, 0.717) is 12.3 Å². The van der Waals surface area contributed by atoms with Crippen molar-refractivity contribution in [3.05, 3.63) is 12.4 Å². The predicted octanol–water partition coefficient (Wildman–Crippen LogP) is -0.677. The van der Waals surface area contributed by atoms with Crippen LogP contribution in [0.1, 0.15) is 12.8 Å². The minimum absolute atomic E-state index is 0.0109. The number of anilines is 1. The first-order valence-electron chi connectivity index (χ1n) is 6.88. The maximum atomic E-state index is 12.6. The lowest BCUT2D eigenvalue weighted by molar-refractivity contribution is -0.130. The number of hydrogen-bond donors (Lipinski definition) is 3. The molecule has 0 bridgehead atoms. The number of nitrogens with zero attached hydrogens (tertiary/aromatic N) is 2. The van der Waals surface area contributed by atoms with Gasteiger partial charge in [0.1, 0.15) is 6.54 Å². The van der Waals surface area contributed by atoms with Gasteiger partial charge in [-0.25, -0.2) is 0 Å². The molecule has 8 nitrogen and oxygen atoms in total. The second kappa shape index (κ2) is 6.68. The Morgan fingerprint density at radius 2 is 2.24 bits per heavy atom. The first-order valence-corrected chi connectivity index (χ1v) is 6.88. The van der Waals surface area contributed by atoms with Gasteiger partial charge in [0.2, 0.25) is 11.8 Å². The van der Waals surface area contributed by atoms with E-state index in [1.807, 2.05) is 0 Å². The van der Waals surface area contributed by atoms with Crippen molar-refractivity contribution in [2.75, 3.05) is 32.1 Å². The lowest BCUT2D eigenvalue weighted by atomic mass is 9.78. The zero-order chi connectivity index (χ0) is 15.3. The average molecular weight is 295 g/mol. The molecule has 0 saturated carbocycles. The van der Waals surface area contributed by atoms with Gasteiger partial charge in [-0.05, 0) is 25.9 Å². The van der Waals surface area contributed by atoms with Gasteiger partial charge in [0.15, 0.2) is 0 Å². The third kappa shape index (κ3) is 3.79. The van der Waals surface area contributed by atoms with E-state index in [2.05, 4.69) is 15.7 Å². The standard InChI is InChI=1S/C13H21N5O3/c1-21-9-13(2-4-15-5-3-13)12(20)17-10-6-16-18(7-10)8-11(14)19/h6-7,15H,2-5,8-9H2,1H3,(H2,14,19)(H,17,20). The van der Waals surface area contributed by atoms with Gasteiger partial charge in [-0.2, -0.15) is 5.10 Å². The Balaban J connectivity index is 2.04. The molecule has 2 rings (SSSR count). The lowest BCUT2D eigenvalue weighted by Crippen LogP contribution is -2.47. The van der Waals surface area contributed by atoms with Gasteiger partial charge in [-0.15, -0.1) is 0 Å². The molecular formula is C13H21N5O3. The molecule has 2 heterocycles. The third-order valence-electron chi connectivity index (χ3n) is 3.67. The van der Waals surface area contributed by atoms with Crippen molar-refractivity contribution in [1.82, 2.24) is 15.1 Å². The monoisotopic (exact) mass is 295 g/mol. The fourth-order valence-corrected chi connectivity index (χ4v) is 2.56. The molecule has 4 N–H and O–H groups in total. The van der Waals surface area contributed by atoms with Crippen LogP contribution in [0.5, 0.6) is 0 Å². The highest BCUT2D eigenvalue weighted by Crippen LogP contribution is 2.30. The average Bonchev–Trinajstić information content (AvgIpc) is 2.86. The van der Waals surface area contributed by atoms with Crippen LogP contribution in [-0.2, 0) is 20.9 Å². The number of carbonyl (C=O) groups excluding carboxylic acids is 2. The molecule has 116 valence electrons. The molecule has 1 saturated heterocycles. The van der Waals surface area contributed by atoms with Crippen molar-refractivity contribution < 1.29 is 14.3 Å². The van der Waals surface area contributed by atoms with Crippen LogP contribution in [-0.4, -0.2) is 48.4 Å². The molecule has 0 spiro atoms. The number of primary amides is 1. The summed E-state index contributed by atoms with van der Waals surface area (Å²) in [5.74, 6) is -0.561. The first-order chi connectivity index (χ1) is 10.1. The molecule has 0 aliphatic carbocycles. The third-order valence-corrected chi connectivity index (χ3v) is 3.67. The van der Waals surface area contributed by atoms with Crippen molar-refractivity contribution in [3.8, 4) is 0 Å². The van der Waals surface area contributed by atoms with Crippen LogP contribution in [0.15, 0.2) is 12.4 Å². The van der Waals surface area contributed by atoms with E-state index in [-0.39, 0.29) is 12.5 Å². The van der Waals surface area contributed by atoms with Crippen LogP contribution < -0.4 is 16.4 Å². The van der Waals surface area contributed by atoms with Crippen molar-refractivity contribution >= 4 is 17.5 Å². The summed E-state index contributed by atoms with van der Waals surface area (Å²) in [6.45, 7) is 1.95. The van der Waals surface area contributed by atoms with Gasteiger partial charge >= 0.3 is 0 Å². The number of hydrogen-bond acceptors (Lipinski definition) is 5. The van der Waals surface area contributed by atoms with E-state index in [1.165, 1.54) is 10.9 Å². The number of piperidine rings is 1. The molecular weight excluding hydrogens is 274 g/mol. The normalized spacial score (nSPS) is 17.4. The molecule has 0 aromatic carbocycles. The van der Waals surface area contributed by atoms with E-state index in [9.17, 15) is 9.59 Å². The number of ether oxygens (including phenoxy) is 1. The molecule has 0 atom stereocenters. The summed E-state index contributed by atoms with van der Waals surface area (Å²) >= 11 is 0. The van der Waals surface area contributed by atoms with Gasteiger partial charge in [0, 0.05) is 13.3 Å². The zero-order valence-electron chi connectivity index (χ0n) is 12.1. The number of rotatable bonds is 6. The number of nitrogens with two attached hydrogens (primary N) is 1. The zero-order valence-corrected chi connectivity index (χ0v) is 12.1. The summed E-state index contributed by atoms with van der Waals surface area (Å²) in [5, 5.41) is 10.1. The highest BCUT2D eigenvalue weighted by Gasteiger charge is 2.39. The Bertz CT molecular complexity index is 502. The Morgan fingerprint density at radius 3 is 2.86 bits per heavy atom. The predicted molar refractivity (Wildman–Crippen MR) is 76.5 cm³/mol. The maximum Gasteiger partial charge on any atom is 0.239 e. The van der Waals surface area contributed by atoms with Gasteiger partial charge in [0.05, 0.1) is 23.9 Å². The molecule has 21 heavy (non-hydrogen) atoms. The van der Waals surface area contributed by atoms with Crippen molar-refractivity contribution in [2.24, 2.45) is 11.1 Å². The lowest BCUT2D eigenvalue weighted by Gasteiger charge is -2.35. The van der Waals surface area contributed by atoms with E-state index in [1.54, 1.807) is 13.3 Å². The number of carbonyl (C=O) groups is 2. The molecule has 8 heteroatoms. The van der Waals surface area contributed by atoms with Gasteiger partial charge in [0.25, 0.3) is 0 Å². The van der Waals surface area contributed by atoms with Crippen LogP contribution in [0.3, 0.4) is 0 Å². The quantitative estimate of drug-likeness (QED) is 0.644. The summed E-state index contributed by atoms with van der Waals surface area (Å²) in [6.07, 6.45) is 4.54. The number of aromatic nitrogens is 2. The maximum absolute atomic E-state index is 12.6.